The number of hydrogen-bond donors (Lipinski definition) is 1. The van der Waals surface area contributed by atoms with Crippen molar-refractivity contribution in [1.29, 1.82) is 0 Å². The SMILES string of the molecule is CCOC(=O)COc1ccc([C@H]2c3sc(=O)[nH]c3SC3C(=O)N(c4ccc(C)cc4)C(=O)C32)cc1. The molecule has 1 fully saturated rings. The third-order valence-corrected chi connectivity index (χ3v) is 8.42. The summed E-state index contributed by atoms with van der Waals surface area (Å²) in [6.07, 6.45) is 0. The van der Waals surface area contributed by atoms with Crippen LogP contribution in [0, 0.1) is 12.8 Å². The molecule has 1 aromatic heterocycles. The van der Waals surface area contributed by atoms with Gasteiger partial charge < -0.3 is 14.5 Å². The van der Waals surface area contributed by atoms with Gasteiger partial charge in [-0.3, -0.25) is 14.4 Å². The lowest BCUT2D eigenvalue weighted by Crippen LogP contribution is -2.32. The van der Waals surface area contributed by atoms with Crippen molar-refractivity contribution in [3.8, 4) is 5.75 Å². The molecule has 0 radical (unpaired) electrons. The van der Waals surface area contributed by atoms with E-state index in [0.717, 1.165) is 27.3 Å². The third kappa shape index (κ3) is 4.28. The van der Waals surface area contributed by atoms with Gasteiger partial charge in [-0.05, 0) is 43.7 Å². The summed E-state index contributed by atoms with van der Waals surface area (Å²) in [5, 5.41) is -0.0212. The van der Waals surface area contributed by atoms with Crippen molar-refractivity contribution in [2.75, 3.05) is 18.1 Å². The number of imide groups is 1. The Kier molecular flexibility index (Phi) is 6.24. The van der Waals surface area contributed by atoms with Crippen LogP contribution in [0.3, 0.4) is 0 Å². The van der Waals surface area contributed by atoms with Gasteiger partial charge in [-0.2, -0.15) is 0 Å². The Morgan fingerprint density at radius 2 is 1.74 bits per heavy atom. The first-order chi connectivity index (χ1) is 16.9. The maximum atomic E-state index is 13.7. The predicted octanol–water partition coefficient (Wildman–Crippen LogP) is 3.48. The number of aromatic amines is 1. The third-order valence-electron chi connectivity index (χ3n) is 6.02. The summed E-state index contributed by atoms with van der Waals surface area (Å²) in [4.78, 5) is 55.5. The molecule has 1 saturated heterocycles. The zero-order valence-electron chi connectivity index (χ0n) is 19.0. The Morgan fingerprint density at radius 3 is 2.43 bits per heavy atom. The van der Waals surface area contributed by atoms with Gasteiger partial charge in [-0.15, -0.1) is 0 Å². The van der Waals surface area contributed by atoms with Crippen LogP contribution in [-0.2, 0) is 19.1 Å². The van der Waals surface area contributed by atoms with Crippen molar-refractivity contribution in [2.45, 2.75) is 30.0 Å². The van der Waals surface area contributed by atoms with Crippen LogP contribution in [0.5, 0.6) is 5.75 Å². The van der Waals surface area contributed by atoms with E-state index in [-0.39, 0.29) is 29.9 Å². The summed E-state index contributed by atoms with van der Waals surface area (Å²) < 4.78 is 10.4. The standard InChI is InChI=1S/C25H22N2O6S2/c1-3-32-17(28)12-33-16-10-6-14(7-11-16)18-19-21(34-22-20(18)35-25(31)26-22)24(30)27(23(19)29)15-8-4-13(2)5-9-15/h4-11,18-19,21H,3,12H2,1-2H3,(H,26,31)/t18-,19?,21?/m1/s1. The van der Waals surface area contributed by atoms with Crippen molar-refractivity contribution >= 4 is 46.6 Å². The molecular formula is C25H22N2O6S2. The van der Waals surface area contributed by atoms with E-state index < -0.39 is 23.1 Å². The number of hydrogen-bond acceptors (Lipinski definition) is 8. The fourth-order valence-corrected chi connectivity index (χ4v) is 6.96. The van der Waals surface area contributed by atoms with Crippen LogP contribution in [-0.4, -0.2) is 41.2 Å². The van der Waals surface area contributed by atoms with E-state index in [1.807, 2.05) is 19.1 Å². The number of thioether (sulfide) groups is 1. The van der Waals surface area contributed by atoms with Gasteiger partial charge in [0.15, 0.2) is 6.61 Å². The highest BCUT2D eigenvalue weighted by Crippen LogP contribution is 2.53. The summed E-state index contributed by atoms with van der Waals surface area (Å²) in [5.41, 5.74) is 2.36. The van der Waals surface area contributed by atoms with Gasteiger partial charge in [-0.25, -0.2) is 9.69 Å². The van der Waals surface area contributed by atoms with Crippen LogP contribution < -0.4 is 14.5 Å². The first kappa shape index (κ1) is 23.4. The Morgan fingerprint density at radius 1 is 1.03 bits per heavy atom. The minimum absolute atomic E-state index is 0.208. The maximum Gasteiger partial charge on any atom is 0.344 e. The van der Waals surface area contributed by atoms with Gasteiger partial charge in [-0.1, -0.05) is 52.9 Å². The molecule has 2 aliphatic heterocycles. The molecule has 3 atom stereocenters. The minimum Gasteiger partial charge on any atom is -0.482 e. The molecule has 0 saturated carbocycles. The number of nitrogens with zero attached hydrogens (tertiary/aromatic N) is 1. The van der Waals surface area contributed by atoms with E-state index in [9.17, 15) is 19.2 Å². The Bertz CT molecular complexity index is 1350. The molecule has 2 aliphatic rings. The number of carbonyl (C=O) groups excluding carboxylic acids is 3. The van der Waals surface area contributed by atoms with Crippen LogP contribution in [0.4, 0.5) is 5.69 Å². The van der Waals surface area contributed by atoms with Gasteiger partial charge >= 0.3 is 10.8 Å². The largest absolute Gasteiger partial charge is 0.482 e. The Hall–Kier alpha value is -3.37. The number of fused-ring (bicyclic) bond motifs is 2. The molecule has 180 valence electrons. The lowest BCUT2D eigenvalue weighted by Gasteiger charge is -2.29. The number of benzene rings is 2. The summed E-state index contributed by atoms with van der Waals surface area (Å²) in [6, 6.07) is 14.3. The normalized spacial score (nSPS) is 21.0. The number of ether oxygens (including phenoxy) is 2. The molecule has 0 bridgehead atoms. The van der Waals surface area contributed by atoms with Crippen molar-refractivity contribution < 1.29 is 23.9 Å². The van der Waals surface area contributed by atoms with E-state index in [1.54, 1.807) is 43.3 Å². The number of nitrogens with one attached hydrogen (secondary N) is 1. The van der Waals surface area contributed by atoms with Crippen LogP contribution in [0.15, 0.2) is 58.4 Å². The zero-order valence-corrected chi connectivity index (χ0v) is 20.6. The number of amides is 2. The molecule has 10 heteroatoms. The number of aryl methyl sites for hydroxylation is 1. The average molecular weight is 511 g/mol. The Balaban J connectivity index is 1.49. The monoisotopic (exact) mass is 510 g/mol. The molecule has 1 N–H and O–H groups in total. The number of carbonyl (C=O) groups is 3. The van der Waals surface area contributed by atoms with E-state index in [2.05, 4.69) is 4.98 Å². The number of rotatable bonds is 6. The topological polar surface area (TPSA) is 106 Å². The minimum atomic E-state index is -0.654. The van der Waals surface area contributed by atoms with Gasteiger partial charge in [0.25, 0.3) is 0 Å². The fourth-order valence-electron chi connectivity index (χ4n) is 4.44. The number of aromatic nitrogens is 1. The lowest BCUT2D eigenvalue weighted by atomic mass is 9.83. The Labute approximate surface area is 209 Å². The van der Waals surface area contributed by atoms with E-state index in [0.29, 0.717) is 16.5 Å². The first-order valence-electron chi connectivity index (χ1n) is 11.1. The van der Waals surface area contributed by atoms with Crippen LogP contribution in [0.1, 0.15) is 28.8 Å². The highest BCUT2D eigenvalue weighted by Gasteiger charge is 2.56. The number of thiazole rings is 1. The summed E-state index contributed by atoms with van der Waals surface area (Å²) in [6.45, 7) is 3.73. The summed E-state index contributed by atoms with van der Waals surface area (Å²) in [5.74, 6) is -1.68. The number of H-pyrrole nitrogens is 1. The van der Waals surface area contributed by atoms with Crippen LogP contribution in [0.2, 0.25) is 0 Å². The summed E-state index contributed by atoms with van der Waals surface area (Å²) in [7, 11) is 0. The highest BCUT2D eigenvalue weighted by molar-refractivity contribution is 8.00. The molecular weight excluding hydrogens is 488 g/mol. The second-order valence-corrected chi connectivity index (χ2v) is 10.4. The lowest BCUT2D eigenvalue weighted by molar-refractivity contribution is -0.145. The summed E-state index contributed by atoms with van der Waals surface area (Å²) >= 11 is 2.31. The smallest absolute Gasteiger partial charge is 0.344 e. The van der Waals surface area contributed by atoms with Crippen molar-refractivity contribution in [2.24, 2.45) is 5.92 Å². The zero-order chi connectivity index (χ0) is 24.7. The van der Waals surface area contributed by atoms with E-state index in [1.165, 1.54) is 16.7 Å². The van der Waals surface area contributed by atoms with Gasteiger partial charge in [0.2, 0.25) is 11.8 Å². The molecule has 0 spiro atoms. The van der Waals surface area contributed by atoms with Crippen LogP contribution in [0.25, 0.3) is 0 Å². The molecule has 2 aromatic carbocycles. The molecule has 5 rings (SSSR count). The van der Waals surface area contributed by atoms with Gasteiger partial charge in [0.1, 0.15) is 11.0 Å². The highest BCUT2D eigenvalue weighted by atomic mass is 32.2. The first-order valence-corrected chi connectivity index (χ1v) is 12.8. The molecule has 0 aliphatic carbocycles. The van der Waals surface area contributed by atoms with Crippen LogP contribution >= 0.6 is 23.1 Å². The molecule has 8 nitrogen and oxygen atoms in total. The van der Waals surface area contributed by atoms with E-state index in [4.69, 9.17) is 9.47 Å². The maximum absolute atomic E-state index is 13.7. The second-order valence-electron chi connectivity index (χ2n) is 8.26. The van der Waals surface area contributed by atoms with Crippen molar-refractivity contribution in [3.05, 3.63) is 74.2 Å². The second kappa shape index (κ2) is 9.35. The molecule has 2 unspecified atom stereocenters. The van der Waals surface area contributed by atoms with Crippen molar-refractivity contribution in [1.82, 2.24) is 4.98 Å². The van der Waals surface area contributed by atoms with Gasteiger partial charge in [0, 0.05) is 10.8 Å². The predicted molar refractivity (Wildman–Crippen MR) is 132 cm³/mol. The number of anilines is 1. The quantitative estimate of drug-likeness (QED) is 0.400. The van der Waals surface area contributed by atoms with Gasteiger partial charge in [0.05, 0.1) is 23.2 Å². The molecule has 35 heavy (non-hydrogen) atoms. The molecule has 3 aromatic rings. The fraction of sp³-hybridized carbons (Fsp3) is 0.280. The molecule has 2 amide bonds. The molecule has 3 heterocycles. The number of esters is 1. The van der Waals surface area contributed by atoms with E-state index >= 15 is 0 Å². The average Bonchev–Trinajstić information content (AvgIpc) is 3.33. The van der Waals surface area contributed by atoms with Crippen molar-refractivity contribution in [3.63, 3.8) is 0 Å².